The summed E-state index contributed by atoms with van der Waals surface area (Å²) in [5, 5.41) is 11.3. The van der Waals surface area contributed by atoms with Crippen molar-refractivity contribution < 1.29 is 0 Å². The van der Waals surface area contributed by atoms with Crippen LogP contribution >= 0.6 is 23.6 Å². The van der Waals surface area contributed by atoms with Crippen LogP contribution in [0.5, 0.6) is 0 Å². The van der Waals surface area contributed by atoms with Gasteiger partial charge >= 0.3 is 0 Å². The van der Waals surface area contributed by atoms with E-state index in [-0.39, 0.29) is 0 Å². The van der Waals surface area contributed by atoms with Gasteiger partial charge in [0.15, 0.2) is 5.11 Å². The van der Waals surface area contributed by atoms with Crippen LogP contribution < -0.4 is 10.6 Å². The number of hydrogen-bond donors (Lipinski definition) is 2. The minimum Gasteiger partial charge on any atom is -0.360 e. The molecule has 1 fully saturated rings. The summed E-state index contributed by atoms with van der Waals surface area (Å²) in [7, 11) is 0. The smallest absolute Gasteiger partial charge is 0.166 e. The van der Waals surface area contributed by atoms with Gasteiger partial charge in [0.1, 0.15) is 0 Å². The van der Waals surface area contributed by atoms with Crippen LogP contribution in [0.1, 0.15) is 45.6 Å². The zero-order chi connectivity index (χ0) is 16.4. The molecule has 0 radical (unpaired) electrons. The summed E-state index contributed by atoms with van der Waals surface area (Å²) < 4.78 is 1.34. The summed E-state index contributed by atoms with van der Waals surface area (Å²) in [6, 6.07) is 9.04. The molecule has 1 aliphatic rings. The first-order valence-corrected chi connectivity index (χ1v) is 9.71. The van der Waals surface area contributed by atoms with Gasteiger partial charge in [-0.25, -0.2) is 0 Å². The molecule has 1 aromatic heterocycles. The molecule has 2 N–H and O–H groups in total. The molecule has 2 nitrogen and oxygen atoms in total. The van der Waals surface area contributed by atoms with E-state index in [1.165, 1.54) is 34.9 Å². The summed E-state index contributed by atoms with van der Waals surface area (Å²) >= 11 is 7.32. The van der Waals surface area contributed by atoms with E-state index in [1.54, 1.807) is 11.3 Å². The number of thiophene rings is 1. The summed E-state index contributed by atoms with van der Waals surface area (Å²) in [5.41, 5.74) is 1.74. The zero-order valence-corrected chi connectivity index (χ0v) is 15.8. The number of fused-ring (bicyclic) bond motifs is 1. The molecule has 2 atom stereocenters. The molecule has 1 aromatic carbocycles. The Kier molecular flexibility index (Phi) is 4.93. The van der Waals surface area contributed by atoms with Crippen LogP contribution in [0.25, 0.3) is 10.1 Å². The fourth-order valence-electron chi connectivity index (χ4n) is 4.04. The summed E-state index contributed by atoms with van der Waals surface area (Å²) in [6.45, 7) is 7.88. The molecule has 4 heteroatoms. The third kappa shape index (κ3) is 4.24. The first-order valence-electron chi connectivity index (χ1n) is 8.42. The minimum atomic E-state index is 0.411. The van der Waals surface area contributed by atoms with Crippen LogP contribution in [0.3, 0.4) is 0 Å². The van der Waals surface area contributed by atoms with Gasteiger partial charge in [-0.2, -0.15) is 0 Å². The standard InChI is InChI=1S/C19H26N2S2/c1-13-8-15(10-19(2,3)9-13)21-18(22)20-11-14-12-23-17-7-5-4-6-16(14)17/h4-7,12-13,15H,8-11H2,1-3H3,(H2,20,21,22). The molecule has 3 rings (SSSR count). The molecular weight excluding hydrogens is 320 g/mol. The largest absolute Gasteiger partial charge is 0.360 e. The van der Waals surface area contributed by atoms with Crippen molar-refractivity contribution in [3.05, 3.63) is 35.2 Å². The van der Waals surface area contributed by atoms with Gasteiger partial charge in [0.25, 0.3) is 0 Å². The van der Waals surface area contributed by atoms with Gasteiger partial charge in [-0.15, -0.1) is 11.3 Å². The van der Waals surface area contributed by atoms with Crippen molar-refractivity contribution in [3.63, 3.8) is 0 Å². The number of hydrogen-bond acceptors (Lipinski definition) is 2. The molecule has 23 heavy (non-hydrogen) atoms. The highest BCUT2D eigenvalue weighted by molar-refractivity contribution is 7.80. The van der Waals surface area contributed by atoms with Crippen molar-refractivity contribution in [2.75, 3.05) is 0 Å². The van der Waals surface area contributed by atoms with E-state index < -0.39 is 0 Å². The summed E-state index contributed by atoms with van der Waals surface area (Å²) in [5.74, 6) is 0.764. The third-order valence-electron chi connectivity index (χ3n) is 4.72. The Morgan fingerprint density at radius 2 is 2.09 bits per heavy atom. The highest BCUT2D eigenvalue weighted by atomic mass is 32.1. The highest BCUT2D eigenvalue weighted by Gasteiger charge is 2.32. The van der Waals surface area contributed by atoms with Crippen molar-refractivity contribution in [3.8, 4) is 0 Å². The van der Waals surface area contributed by atoms with Gasteiger partial charge < -0.3 is 10.6 Å². The van der Waals surface area contributed by atoms with Crippen LogP contribution in [0, 0.1) is 11.3 Å². The Labute approximate surface area is 148 Å². The Hall–Kier alpha value is -1.13. The van der Waals surface area contributed by atoms with E-state index in [0.717, 1.165) is 17.6 Å². The summed E-state index contributed by atoms with van der Waals surface area (Å²) in [6.07, 6.45) is 3.72. The normalized spacial score (nSPS) is 23.6. The number of thiocarbonyl (C=S) groups is 1. The highest BCUT2D eigenvalue weighted by Crippen LogP contribution is 2.38. The molecule has 0 bridgehead atoms. The Bertz CT molecular complexity index is 689. The van der Waals surface area contributed by atoms with Gasteiger partial charge in [0.05, 0.1) is 0 Å². The number of benzene rings is 1. The molecule has 1 saturated carbocycles. The molecular formula is C19H26N2S2. The maximum atomic E-state index is 5.53. The monoisotopic (exact) mass is 346 g/mol. The second kappa shape index (κ2) is 6.78. The van der Waals surface area contributed by atoms with E-state index in [0.29, 0.717) is 11.5 Å². The average molecular weight is 347 g/mol. The van der Waals surface area contributed by atoms with Crippen molar-refractivity contribution in [2.24, 2.45) is 11.3 Å². The zero-order valence-electron chi connectivity index (χ0n) is 14.2. The molecule has 0 amide bonds. The van der Waals surface area contributed by atoms with Crippen LogP contribution in [0.2, 0.25) is 0 Å². The average Bonchev–Trinajstić information content (AvgIpc) is 2.86. The SMILES string of the molecule is CC1CC(NC(=S)NCc2csc3ccccc23)CC(C)(C)C1. The van der Waals surface area contributed by atoms with E-state index in [2.05, 4.69) is 61.1 Å². The first kappa shape index (κ1) is 16.7. The fraction of sp³-hybridized carbons (Fsp3) is 0.526. The third-order valence-corrected chi connectivity index (χ3v) is 6.00. The fourth-order valence-corrected chi connectivity index (χ4v) is 5.24. The molecule has 124 valence electrons. The van der Waals surface area contributed by atoms with E-state index >= 15 is 0 Å². The maximum absolute atomic E-state index is 5.53. The molecule has 2 unspecified atom stereocenters. The van der Waals surface area contributed by atoms with Gasteiger partial charge in [-0.05, 0) is 65.2 Å². The maximum Gasteiger partial charge on any atom is 0.166 e. The van der Waals surface area contributed by atoms with Crippen LogP contribution in [-0.2, 0) is 6.54 Å². The van der Waals surface area contributed by atoms with E-state index in [1.807, 2.05) is 0 Å². The predicted octanol–water partition coefficient (Wildman–Crippen LogP) is 5.08. The lowest BCUT2D eigenvalue weighted by molar-refractivity contribution is 0.161. The molecule has 0 aliphatic heterocycles. The van der Waals surface area contributed by atoms with E-state index in [9.17, 15) is 0 Å². The first-order chi connectivity index (χ1) is 10.9. The predicted molar refractivity (Wildman–Crippen MR) is 105 cm³/mol. The van der Waals surface area contributed by atoms with Gasteiger partial charge in [-0.3, -0.25) is 0 Å². The molecule has 2 aromatic rings. The second-order valence-corrected chi connectivity index (χ2v) is 9.01. The van der Waals surface area contributed by atoms with Crippen molar-refractivity contribution in [2.45, 2.75) is 52.6 Å². The quantitative estimate of drug-likeness (QED) is 0.758. The van der Waals surface area contributed by atoms with Crippen molar-refractivity contribution in [1.29, 1.82) is 0 Å². The molecule has 1 heterocycles. The molecule has 1 aliphatic carbocycles. The van der Waals surface area contributed by atoms with Gasteiger partial charge in [0, 0.05) is 17.3 Å². The second-order valence-electron chi connectivity index (χ2n) is 7.69. The molecule has 0 spiro atoms. The Balaban J connectivity index is 1.55. The van der Waals surface area contributed by atoms with Gasteiger partial charge in [-0.1, -0.05) is 39.0 Å². The Morgan fingerprint density at radius 3 is 2.87 bits per heavy atom. The van der Waals surface area contributed by atoms with Crippen molar-refractivity contribution >= 4 is 38.8 Å². The van der Waals surface area contributed by atoms with E-state index in [4.69, 9.17) is 12.2 Å². The minimum absolute atomic E-state index is 0.411. The van der Waals surface area contributed by atoms with Crippen molar-refractivity contribution in [1.82, 2.24) is 10.6 Å². The lowest BCUT2D eigenvalue weighted by Gasteiger charge is -2.39. The Morgan fingerprint density at radius 1 is 1.30 bits per heavy atom. The van der Waals surface area contributed by atoms with Crippen LogP contribution in [0.4, 0.5) is 0 Å². The number of rotatable bonds is 3. The number of nitrogens with one attached hydrogen (secondary N) is 2. The summed E-state index contributed by atoms with van der Waals surface area (Å²) in [4.78, 5) is 0. The molecule has 0 saturated heterocycles. The van der Waals surface area contributed by atoms with Crippen LogP contribution in [-0.4, -0.2) is 11.2 Å². The lowest BCUT2D eigenvalue weighted by atomic mass is 9.71. The topological polar surface area (TPSA) is 24.1 Å². The lowest BCUT2D eigenvalue weighted by Crippen LogP contribution is -2.46. The van der Waals surface area contributed by atoms with Crippen LogP contribution in [0.15, 0.2) is 29.6 Å². The van der Waals surface area contributed by atoms with Gasteiger partial charge in [0.2, 0.25) is 0 Å².